The molecule has 212 valence electrons. The fourth-order valence-corrected chi connectivity index (χ4v) is 5.35. The minimum absolute atomic E-state index is 0.0856. The molecule has 1 aliphatic heterocycles. The third-order valence-electron chi connectivity index (χ3n) is 7.68. The van der Waals surface area contributed by atoms with E-state index in [1.165, 1.54) is 10.3 Å². The van der Waals surface area contributed by atoms with Crippen LogP contribution in [0.4, 0.5) is 4.79 Å². The van der Waals surface area contributed by atoms with Crippen LogP contribution in [0.3, 0.4) is 0 Å². The Morgan fingerprint density at radius 2 is 1.59 bits per heavy atom. The maximum absolute atomic E-state index is 12.2. The minimum atomic E-state index is -0.917. The Hall–Kier alpha value is -4.36. The number of esters is 1. The molecule has 1 heterocycles. The Bertz CT molecular complexity index is 1470. The highest BCUT2D eigenvalue weighted by Crippen LogP contribution is 2.32. The molecule has 4 aromatic rings. The second kappa shape index (κ2) is 13.3. The van der Waals surface area contributed by atoms with Gasteiger partial charge in [0.2, 0.25) is 0 Å². The first-order valence-corrected chi connectivity index (χ1v) is 13.9. The summed E-state index contributed by atoms with van der Waals surface area (Å²) < 4.78 is 17.0. The highest BCUT2D eigenvalue weighted by molar-refractivity contribution is 5.83. The number of piperidine rings is 1. The van der Waals surface area contributed by atoms with Gasteiger partial charge in [0.15, 0.2) is 0 Å². The summed E-state index contributed by atoms with van der Waals surface area (Å²) >= 11 is 0. The van der Waals surface area contributed by atoms with Gasteiger partial charge in [-0.2, -0.15) is 0 Å². The van der Waals surface area contributed by atoms with Gasteiger partial charge in [-0.1, -0.05) is 72.8 Å². The lowest BCUT2D eigenvalue weighted by Gasteiger charge is -2.37. The van der Waals surface area contributed by atoms with Crippen LogP contribution in [0.25, 0.3) is 10.8 Å². The Kier molecular flexibility index (Phi) is 9.16. The molecule has 41 heavy (non-hydrogen) atoms. The molecule has 5 rings (SSSR count). The highest BCUT2D eigenvalue weighted by atomic mass is 16.5. The van der Waals surface area contributed by atoms with Crippen molar-refractivity contribution in [2.24, 2.45) is 0 Å². The molecule has 7 heteroatoms. The number of hydrogen-bond donors (Lipinski definition) is 1. The summed E-state index contributed by atoms with van der Waals surface area (Å²) in [6.45, 7) is 1.53. The van der Waals surface area contributed by atoms with E-state index in [4.69, 9.17) is 14.2 Å². The molecule has 1 amide bonds. The van der Waals surface area contributed by atoms with Crippen molar-refractivity contribution in [1.29, 1.82) is 0 Å². The fourth-order valence-electron chi connectivity index (χ4n) is 5.35. The maximum atomic E-state index is 12.2. The van der Waals surface area contributed by atoms with Gasteiger partial charge in [0.25, 0.3) is 0 Å². The molecule has 0 saturated carbocycles. The monoisotopic (exact) mass is 553 g/mol. The van der Waals surface area contributed by atoms with E-state index in [-0.39, 0.29) is 24.4 Å². The number of hydrogen-bond acceptors (Lipinski definition) is 5. The zero-order valence-corrected chi connectivity index (χ0v) is 23.2. The van der Waals surface area contributed by atoms with Crippen molar-refractivity contribution < 1.29 is 28.9 Å². The average molecular weight is 554 g/mol. The van der Waals surface area contributed by atoms with Crippen LogP contribution in [0.2, 0.25) is 0 Å². The van der Waals surface area contributed by atoms with Crippen LogP contribution >= 0.6 is 0 Å². The molecule has 1 fully saturated rings. The van der Waals surface area contributed by atoms with E-state index in [0.717, 1.165) is 33.4 Å². The molecule has 1 saturated heterocycles. The van der Waals surface area contributed by atoms with Gasteiger partial charge in [0.05, 0.1) is 39.4 Å². The van der Waals surface area contributed by atoms with Crippen molar-refractivity contribution >= 4 is 22.8 Å². The second-order valence-corrected chi connectivity index (χ2v) is 10.4. The Morgan fingerprint density at radius 1 is 0.878 bits per heavy atom. The summed E-state index contributed by atoms with van der Waals surface area (Å²) in [7, 11) is 1.61. The number of fused-ring (bicyclic) bond motifs is 1. The third-order valence-corrected chi connectivity index (χ3v) is 7.68. The molecule has 1 aliphatic rings. The maximum Gasteiger partial charge on any atom is 0.407 e. The lowest BCUT2D eigenvalue weighted by molar-refractivity contribution is -0.142. The fraction of sp³-hybridized carbons (Fsp3) is 0.294. The molecular weight excluding hydrogens is 518 g/mol. The number of benzene rings is 4. The predicted molar refractivity (Wildman–Crippen MR) is 157 cm³/mol. The van der Waals surface area contributed by atoms with Crippen LogP contribution in [0.5, 0.6) is 5.75 Å². The zero-order chi connectivity index (χ0) is 28.6. The van der Waals surface area contributed by atoms with Gasteiger partial charge < -0.3 is 24.2 Å². The molecule has 0 aromatic heterocycles. The van der Waals surface area contributed by atoms with Gasteiger partial charge in [0, 0.05) is 18.9 Å². The van der Waals surface area contributed by atoms with E-state index in [0.29, 0.717) is 39.1 Å². The predicted octanol–water partition coefficient (Wildman–Crippen LogP) is 6.23. The second-order valence-electron chi connectivity index (χ2n) is 10.4. The van der Waals surface area contributed by atoms with E-state index in [2.05, 4.69) is 54.6 Å². The molecule has 7 nitrogen and oxygen atoms in total. The largest absolute Gasteiger partial charge is 0.497 e. The smallest absolute Gasteiger partial charge is 0.407 e. The van der Waals surface area contributed by atoms with Crippen LogP contribution in [-0.4, -0.2) is 55.0 Å². The quantitative estimate of drug-likeness (QED) is 0.234. The summed E-state index contributed by atoms with van der Waals surface area (Å²) in [6, 6.07) is 30.1. The number of carbonyl (C=O) groups is 2. The lowest BCUT2D eigenvalue weighted by atomic mass is 9.86. The van der Waals surface area contributed by atoms with E-state index in [1.54, 1.807) is 7.11 Å². The first kappa shape index (κ1) is 28.2. The number of ether oxygens (including phenoxy) is 3. The zero-order valence-electron chi connectivity index (χ0n) is 23.2. The average Bonchev–Trinajstić information content (AvgIpc) is 3.00. The van der Waals surface area contributed by atoms with Gasteiger partial charge >= 0.3 is 12.1 Å². The van der Waals surface area contributed by atoms with E-state index in [1.807, 2.05) is 36.4 Å². The van der Waals surface area contributed by atoms with Crippen molar-refractivity contribution in [2.75, 3.05) is 26.8 Å². The van der Waals surface area contributed by atoms with Crippen LogP contribution in [0.15, 0.2) is 91.0 Å². The molecule has 0 bridgehead atoms. The molecule has 0 spiro atoms. The molecular formula is C34H35NO6. The summed E-state index contributed by atoms with van der Waals surface area (Å²) in [5.41, 5.74) is 4.14. The molecule has 2 atom stereocenters. The van der Waals surface area contributed by atoms with Gasteiger partial charge in [-0.05, 0) is 57.6 Å². The number of nitrogens with zero attached hydrogens (tertiary/aromatic N) is 1. The number of carboxylic acid groups (broad SMARTS) is 1. The molecule has 4 aromatic carbocycles. The summed E-state index contributed by atoms with van der Waals surface area (Å²) in [4.78, 5) is 25.4. The van der Waals surface area contributed by atoms with Crippen molar-refractivity contribution in [2.45, 2.75) is 37.9 Å². The summed E-state index contributed by atoms with van der Waals surface area (Å²) in [6.07, 6.45) is 0.361. The molecule has 0 aliphatic carbocycles. The topological polar surface area (TPSA) is 85.3 Å². The minimum Gasteiger partial charge on any atom is -0.497 e. The van der Waals surface area contributed by atoms with Crippen LogP contribution in [-0.2, 0) is 33.7 Å². The SMILES string of the molecule is COc1ccc(CC(=O)OCCc2ccc(C3CCN(C(=O)O)CC3OCc3ccc4ccccc4c3)cc2)cc1. The van der Waals surface area contributed by atoms with Gasteiger partial charge in [-0.3, -0.25) is 4.79 Å². The van der Waals surface area contributed by atoms with Crippen LogP contribution in [0.1, 0.15) is 34.6 Å². The van der Waals surface area contributed by atoms with Crippen LogP contribution < -0.4 is 4.74 Å². The van der Waals surface area contributed by atoms with E-state index < -0.39 is 6.09 Å². The standard InChI is InChI=1S/C34H35NO6/c1-39-30-14-9-25(10-15-30)21-33(36)40-19-17-24-6-12-28(13-7-24)31-16-18-35(34(37)38)22-32(31)41-23-26-8-11-27-4-2-3-5-29(27)20-26/h2-15,20,31-32H,16-19,21-23H2,1H3,(H,37,38). The third kappa shape index (κ3) is 7.44. The Labute approximate surface area is 240 Å². The van der Waals surface area contributed by atoms with Crippen molar-refractivity contribution in [3.05, 3.63) is 113 Å². The lowest BCUT2D eigenvalue weighted by Crippen LogP contribution is -2.46. The molecule has 0 radical (unpaired) electrons. The first-order valence-electron chi connectivity index (χ1n) is 13.9. The number of amides is 1. The van der Waals surface area contributed by atoms with Gasteiger partial charge in [0.1, 0.15) is 5.75 Å². The molecule has 1 N–H and O–H groups in total. The number of methoxy groups -OCH3 is 1. The normalized spacial score (nSPS) is 16.9. The highest BCUT2D eigenvalue weighted by Gasteiger charge is 2.33. The number of likely N-dealkylation sites (tertiary alicyclic amines) is 1. The Morgan fingerprint density at radius 3 is 2.32 bits per heavy atom. The molecule has 2 unspecified atom stereocenters. The van der Waals surface area contributed by atoms with Crippen molar-refractivity contribution in [3.63, 3.8) is 0 Å². The van der Waals surface area contributed by atoms with Crippen molar-refractivity contribution in [3.8, 4) is 5.75 Å². The van der Waals surface area contributed by atoms with Crippen molar-refractivity contribution in [1.82, 2.24) is 4.90 Å². The van der Waals surface area contributed by atoms with E-state index >= 15 is 0 Å². The van der Waals surface area contributed by atoms with Gasteiger partial charge in [-0.25, -0.2) is 4.79 Å². The van der Waals surface area contributed by atoms with E-state index in [9.17, 15) is 14.7 Å². The summed E-state index contributed by atoms with van der Waals surface area (Å²) in [5.74, 6) is 0.576. The summed E-state index contributed by atoms with van der Waals surface area (Å²) in [5, 5.41) is 11.9. The first-order chi connectivity index (χ1) is 20.0. The van der Waals surface area contributed by atoms with Gasteiger partial charge in [-0.15, -0.1) is 0 Å². The number of rotatable bonds is 10. The Balaban J connectivity index is 1.17. The van der Waals surface area contributed by atoms with Crippen LogP contribution in [0, 0.1) is 0 Å². The number of carbonyl (C=O) groups excluding carboxylic acids is 1.